The number of fused-ring (bicyclic) bond motifs is 1. The molecular weight excluding hydrogens is 322 g/mol. The second-order valence-corrected chi connectivity index (χ2v) is 6.55. The van der Waals surface area contributed by atoms with Crippen LogP contribution < -0.4 is 5.56 Å². The van der Waals surface area contributed by atoms with Crippen molar-refractivity contribution < 1.29 is 0 Å². The van der Waals surface area contributed by atoms with E-state index in [0.29, 0.717) is 12.2 Å². The molecule has 2 heterocycles. The van der Waals surface area contributed by atoms with Gasteiger partial charge >= 0.3 is 0 Å². The zero-order valence-corrected chi connectivity index (χ0v) is 14.8. The van der Waals surface area contributed by atoms with E-state index in [4.69, 9.17) is 11.6 Å². The first-order valence-electron chi connectivity index (χ1n) is 7.89. The molecule has 4 nitrogen and oxygen atoms in total. The summed E-state index contributed by atoms with van der Waals surface area (Å²) >= 11 is 5.95. The lowest BCUT2D eigenvalue weighted by Crippen LogP contribution is -2.24. The molecule has 0 spiro atoms. The molecule has 124 valence electrons. The molecule has 0 saturated carbocycles. The molecule has 0 amide bonds. The molecule has 0 aliphatic carbocycles. The minimum absolute atomic E-state index is 0.0498. The SMILES string of the molecule is Cc1cccn2c(=O)cc(CN(C)C(C)c3ccc(Cl)cc3)nc12. The number of aromatic nitrogens is 2. The average molecular weight is 342 g/mol. The highest BCUT2D eigenvalue weighted by atomic mass is 35.5. The highest BCUT2D eigenvalue weighted by Crippen LogP contribution is 2.22. The number of pyridine rings is 1. The molecule has 0 aliphatic heterocycles. The van der Waals surface area contributed by atoms with Crippen LogP contribution in [0.25, 0.3) is 5.65 Å². The molecule has 2 aromatic heterocycles. The molecule has 0 saturated heterocycles. The standard InChI is InChI=1S/C19H20ClN3O/c1-13-5-4-10-23-18(24)11-17(21-19(13)23)12-22(3)14(2)15-6-8-16(20)9-7-15/h4-11,14H,12H2,1-3H3. The minimum atomic E-state index is -0.0498. The largest absolute Gasteiger partial charge is 0.294 e. The minimum Gasteiger partial charge on any atom is -0.294 e. The topological polar surface area (TPSA) is 37.6 Å². The molecule has 0 fully saturated rings. The van der Waals surface area contributed by atoms with E-state index in [1.807, 2.05) is 50.4 Å². The molecule has 0 radical (unpaired) electrons. The number of halogens is 1. The van der Waals surface area contributed by atoms with Gasteiger partial charge in [0.25, 0.3) is 5.56 Å². The Morgan fingerprint density at radius 1 is 1.25 bits per heavy atom. The molecule has 0 N–H and O–H groups in total. The fourth-order valence-corrected chi connectivity index (χ4v) is 2.90. The van der Waals surface area contributed by atoms with E-state index in [2.05, 4.69) is 16.8 Å². The Hall–Kier alpha value is -2.17. The van der Waals surface area contributed by atoms with Crippen LogP contribution in [0.15, 0.2) is 53.5 Å². The summed E-state index contributed by atoms with van der Waals surface area (Å²) in [5.74, 6) is 0. The highest BCUT2D eigenvalue weighted by Gasteiger charge is 2.14. The molecule has 24 heavy (non-hydrogen) atoms. The summed E-state index contributed by atoms with van der Waals surface area (Å²) < 4.78 is 1.58. The summed E-state index contributed by atoms with van der Waals surface area (Å²) in [5.41, 5.74) is 3.61. The number of nitrogens with zero attached hydrogens (tertiary/aromatic N) is 3. The molecule has 1 atom stereocenters. The Balaban J connectivity index is 1.87. The third-order valence-electron chi connectivity index (χ3n) is 4.36. The van der Waals surface area contributed by atoms with Crippen LogP contribution in [-0.2, 0) is 6.54 Å². The van der Waals surface area contributed by atoms with Crippen molar-refractivity contribution in [3.63, 3.8) is 0 Å². The van der Waals surface area contributed by atoms with E-state index in [9.17, 15) is 4.79 Å². The van der Waals surface area contributed by atoms with Crippen LogP contribution in [0, 0.1) is 6.92 Å². The first kappa shape index (κ1) is 16.7. The molecule has 3 rings (SSSR count). The summed E-state index contributed by atoms with van der Waals surface area (Å²) in [5, 5.41) is 0.730. The van der Waals surface area contributed by atoms with Crippen molar-refractivity contribution >= 4 is 17.2 Å². The zero-order chi connectivity index (χ0) is 17.3. The summed E-state index contributed by atoms with van der Waals surface area (Å²) in [6.45, 7) is 4.69. The Morgan fingerprint density at radius 2 is 1.96 bits per heavy atom. The van der Waals surface area contributed by atoms with E-state index >= 15 is 0 Å². The predicted octanol–water partition coefficient (Wildman–Crippen LogP) is 3.85. The van der Waals surface area contributed by atoms with Crippen molar-refractivity contribution in [1.29, 1.82) is 0 Å². The fraction of sp³-hybridized carbons (Fsp3) is 0.263. The lowest BCUT2D eigenvalue weighted by atomic mass is 10.1. The number of benzene rings is 1. The molecule has 5 heteroatoms. The summed E-state index contributed by atoms with van der Waals surface area (Å²) in [7, 11) is 2.03. The van der Waals surface area contributed by atoms with Crippen molar-refractivity contribution in [2.45, 2.75) is 26.4 Å². The van der Waals surface area contributed by atoms with Gasteiger partial charge in [-0.2, -0.15) is 0 Å². The number of hydrogen-bond donors (Lipinski definition) is 0. The first-order chi connectivity index (χ1) is 11.5. The molecule has 1 aromatic carbocycles. The number of aryl methyl sites for hydroxylation is 1. The normalized spacial score (nSPS) is 12.7. The fourth-order valence-electron chi connectivity index (χ4n) is 2.78. The van der Waals surface area contributed by atoms with Crippen molar-refractivity contribution in [2.75, 3.05) is 7.05 Å². The van der Waals surface area contributed by atoms with Gasteiger partial charge in [-0.15, -0.1) is 0 Å². The number of rotatable bonds is 4. The summed E-state index contributed by atoms with van der Waals surface area (Å²) in [6.07, 6.45) is 1.75. The van der Waals surface area contributed by atoms with E-state index in [1.165, 1.54) is 5.56 Å². The van der Waals surface area contributed by atoms with Gasteiger partial charge in [-0.1, -0.05) is 29.8 Å². The van der Waals surface area contributed by atoms with Crippen LogP contribution in [0.3, 0.4) is 0 Å². The smallest absolute Gasteiger partial charge is 0.258 e. The molecule has 0 bridgehead atoms. The van der Waals surface area contributed by atoms with Crippen molar-refractivity contribution in [1.82, 2.24) is 14.3 Å². The van der Waals surface area contributed by atoms with Crippen LogP contribution in [0.2, 0.25) is 5.02 Å². The van der Waals surface area contributed by atoms with Gasteiger partial charge in [-0.05, 0) is 50.2 Å². The molecule has 1 unspecified atom stereocenters. The van der Waals surface area contributed by atoms with E-state index in [-0.39, 0.29) is 11.6 Å². The lowest BCUT2D eigenvalue weighted by molar-refractivity contribution is 0.250. The first-order valence-corrected chi connectivity index (χ1v) is 8.27. The Bertz CT molecular complexity index is 918. The monoisotopic (exact) mass is 341 g/mol. The van der Waals surface area contributed by atoms with Crippen molar-refractivity contribution in [2.24, 2.45) is 0 Å². The van der Waals surface area contributed by atoms with Crippen molar-refractivity contribution in [3.05, 3.63) is 80.9 Å². The van der Waals surface area contributed by atoms with Gasteiger partial charge in [0.2, 0.25) is 0 Å². The van der Waals surface area contributed by atoms with Gasteiger partial charge < -0.3 is 0 Å². The van der Waals surface area contributed by atoms with Gasteiger partial charge in [-0.3, -0.25) is 14.1 Å². The average Bonchev–Trinajstić information content (AvgIpc) is 2.56. The van der Waals surface area contributed by atoms with Gasteiger partial charge in [0.1, 0.15) is 5.65 Å². The molecule has 0 aliphatic rings. The van der Waals surface area contributed by atoms with Gasteiger partial charge in [0.05, 0.1) is 5.69 Å². The maximum Gasteiger partial charge on any atom is 0.258 e. The Kier molecular flexibility index (Phi) is 4.69. The maximum absolute atomic E-state index is 12.3. The van der Waals surface area contributed by atoms with Gasteiger partial charge in [0, 0.05) is 29.9 Å². The van der Waals surface area contributed by atoms with E-state index in [1.54, 1.807) is 16.7 Å². The van der Waals surface area contributed by atoms with Gasteiger partial charge in [-0.25, -0.2) is 4.98 Å². The van der Waals surface area contributed by atoms with Crippen LogP contribution in [0.5, 0.6) is 0 Å². The second-order valence-electron chi connectivity index (χ2n) is 6.11. The Morgan fingerprint density at radius 3 is 2.67 bits per heavy atom. The molecule has 3 aromatic rings. The van der Waals surface area contributed by atoms with Gasteiger partial charge in [0.15, 0.2) is 0 Å². The van der Waals surface area contributed by atoms with Crippen LogP contribution in [0.1, 0.15) is 29.8 Å². The van der Waals surface area contributed by atoms with Crippen LogP contribution in [0.4, 0.5) is 0 Å². The van der Waals surface area contributed by atoms with Crippen molar-refractivity contribution in [3.8, 4) is 0 Å². The predicted molar refractivity (Wildman–Crippen MR) is 97.5 cm³/mol. The maximum atomic E-state index is 12.3. The molecular formula is C19H20ClN3O. The summed E-state index contributed by atoms with van der Waals surface area (Å²) in [6, 6.07) is 13.5. The van der Waals surface area contributed by atoms with E-state index in [0.717, 1.165) is 16.3 Å². The highest BCUT2D eigenvalue weighted by molar-refractivity contribution is 6.30. The zero-order valence-electron chi connectivity index (χ0n) is 14.0. The summed E-state index contributed by atoms with van der Waals surface area (Å²) in [4.78, 5) is 19.1. The van der Waals surface area contributed by atoms with Crippen LogP contribution in [-0.4, -0.2) is 21.3 Å². The number of hydrogen-bond acceptors (Lipinski definition) is 3. The second kappa shape index (κ2) is 6.75. The quantitative estimate of drug-likeness (QED) is 0.723. The Labute approximate surface area is 146 Å². The lowest BCUT2D eigenvalue weighted by Gasteiger charge is -2.25. The third-order valence-corrected chi connectivity index (χ3v) is 4.62. The van der Waals surface area contributed by atoms with E-state index < -0.39 is 0 Å². The van der Waals surface area contributed by atoms with Crippen LogP contribution >= 0.6 is 11.6 Å². The third kappa shape index (κ3) is 3.35.